The second-order valence-corrected chi connectivity index (χ2v) is 6.68. The summed E-state index contributed by atoms with van der Waals surface area (Å²) in [5.74, 6) is 0.336. The molecule has 0 saturated heterocycles. The summed E-state index contributed by atoms with van der Waals surface area (Å²) in [5, 5.41) is 11.9. The summed E-state index contributed by atoms with van der Waals surface area (Å²) in [7, 11) is 0. The lowest BCUT2D eigenvalue weighted by Gasteiger charge is -2.11. The third-order valence-electron chi connectivity index (χ3n) is 3.93. The Morgan fingerprint density at radius 1 is 1.27 bits per heavy atom. The van der Waals surface area contributed by atoms with Gasteiger partial charge in [-0.3, -0.25) is 9.59 Å². The molecule has 0 unspecified atom stereocenters. The van der Waals surface area contributed by atoms with Gasteiger partial charge in [0.15, 0.2) is 0 Å². The zero-order valence-corrected chi connectivity index (χ0v) is 13.0. The number of amides is 1. The van der Waals surface area contributed by atoms with Gasteiger partial charge in [0.05, 0.1) is 15.7 Å². The van der Waals surface area contributed by atoms with Crippen LogP contribution in [0, 0.1) is 12.8 Å². The van der Waals surface area contributed by atoms with E-state index in [-0.39, 0.29) is 17.9 Å². The smallest absolute Gasteiger partial charge is 0.306 e. The molecule has 2 heterocycles. The zero-order valence-electron chi connectivity index (χ0n) is 12.2. The summed E-state index contributed by atoms with van der Waals surface area (Å²) in [6, 6.07) is 7.37. The molecule has 1 aliphatic carbocycles. The Balaban J connectivity index is 1.64. The van der Waals surface area contributed by atoms with E-state index >= 15 is 0 Å². The van der Waals surface area contributed by atoms with Gasteiger partial charge in [0.1, 0.15) is 11.5 Å². The predicted octanol–water partition coefficient (Wildman–Crippen LogP) is 3.30. The van der Waals surface area contributed by atoms with Crippen LogP contribution >= 0.6 is 11.3 Å². The molecule has 2 N–H and O–H groups in total. The van der Waals surface area contributed by atoms with Crippen LogP contribution in [-0.2, 0) is 4.79 Å². The van der Waals surface area contributed by atoms with Gasteiger partial charge in [-0.2, -0.15) is 0 Å². The lowest BCUT2D eigenvalue weighted by molar-refractivity contribution is -0.141. The summed E-state index contributed by atoms with van der Waals surface area (Å²) >= 11 is 1.38. The SMILES string of the molecule is Cc1ccc(-c2ccc(C(=O)N[C@H]3CC[C@@H](C(=O)O)C3)s2)o1. The molecule has 1 saturated carbocycles. The topological polar surface area (TPSA) is 79.5 Å². The fourth-order valence-electron chi connectivity index (χ4n) is 2.75. The minimum Gasteiger partial charge on any atom is -0.481 e. The molecule has 6 heteroatoms. The molecule has 0 aliphatic heterocycles. The molecule has 5 nitrogen and oxygen atoms in total. The Bertz CT molecular complexity index is 703. The summed E-state index contributed by atoms with van der Waals surface area (Å²) < 4.78 is 5.55. The first-order valence-electron chi connectivity index (χ1n) is 7.23. The second-order valence-electron chi connectivity index (χ2n) is 5.59. The Morgan fingerprint density at radius 2 is 2.09 bits per heavy atom. The third-order valence-corrected chi connectivity index (χ3v) is 5.03. The van der Waals surface area contributed by atoms with Gasteiger partial charge < -0.3 is 14.8 Å². The molecular formula is C16H17NO4S. The highest BCUT2D eigenvalue weighted by molar-refractivity contribution is 7.17. The zero-order chi connectivity index (χ0) is 15.7. The molecular weight excluding hydrogens is 302 g/mol. The van der Waals surface area contributed by atoms with Gasteiger partial charge in [-0.05, 0) is 50.5 Å². The van der Waals surface area contributed by atoms with Crippen LogP contribution in [0.4, 0.5) is 0 Å². The van der Waals surface area contributed by atoms with Crippen molar-refractivity contribution >= 4 is 23.2 Å². The monoisotopic (exact) mass is 319 g/mol. The first kappa shape index (κ1) is 14.8. The van der Waals surface area contributed by atoms with Crippen molar-refractivity contribution in [1.29, 1.82) is 0 Å². The van der Waals surface area contributed by atoms with Gasteiger partial charge in [0.25, 0.3) is 5.91 Å². The van der Waals surface area contributed by atoms with Crippen LogP contribution in [-0.4, -0.2) is 23.0 Å². The summed E-state index contributed by atoms with van der Waals surface area (Å²) in [6.45, 7) is 1.88. The number of carbonyl (C=O) groups excluding carboxylic acids is 1. The summed E-state index contributed by atoms with van der Waals surface area (Å²) in [4.78, 5) is 24.7. The quantitative estimate of drug-likeness (QED) is 0.906. The van der Waals surface area contributed by atoms with Crippen molar-refractivity contribution in [2.75, 3.05) is 0 Å². The van der Waals surface area contributed by atoms with Gasteiger partial charge in [-0.25, -0.2) is 0 Å². The maximum absolute atomic E-state index is 12.2. The van der Waals surface area contributed by atoms with Crippen molar-refractivity contribution in [3.8, 4) is 10.6 Å². The summed E-state index contributed by atoms with van der Waals surface area (Å²) in [6.07, 6.45) is 1.86. The number of hydrogen-bond acceptors (Lipinski definition) is 4. The molecule has 116 valence electrons. The van der Waals surface area contributed by atoms with Crippen LogP contribution < -0.4 is 5.32 Å². The highest BCUT2D eigenvalue weighted by atomic mass is 32.1. The van der Waals surface area contributed by atoms with E-state index in [1.165, 1.54) is 11.3 Å². The van der Waals surface area contributed by atoms with Crippen molar-refractivity contribution in [2.45, 2.75) is 32.2 Å². The van der Waals surface area contributed by atoms with Crippen LogP contribution in [0.1, 0.15) is 34.7 Å². The van der Waals surface area contributed by atoms with Crippen LogP contribution in [0.2, 0.25) is 0 Å². The van der Waals surface area contributed by atoms with Crippen LogP contribution in [0.15, 0.2) is 28.7 Å². The molecule has 2 aromatic heterocycles. The standard InChI is InChI=1S/C16H17NO4S/c1-9-2-5-12(21-9)13-6-7-14(22-13)15(18)17-11-4-3-10(8-11)16(19)20/h2,5-7,10-11H,3-4,8H2,1H3,(H,17,18)(H,19,20)/t10-,11+/m1/s1. The molecule has 0 aromatic carbocycles. The van der Waals surface area contributed by atoms with E-state index < -0.39 is 5.97 Å². The molecule has 3 rings (SSSR count). The molecule has 2 aromatic rings. The maximum atomic E-state index is 12.2. The van der Waals surface area contributed by atoms with E-state index in [1.54, 1.807) is 6.07 Å². The van der Waals surface area contributed by atoms with Gasteiger partial charge >= 0.3 is 5.97 Å². The molecule has 1 aliphatic rings. The lowest BCUT2D eigenvalue weighted by Crippen LogP contribution is -2.32. The number of carboxylic acids is 1. The van der Waals surface area contributed by atoms with Crippen LogP contribution in [0.5, 0.6) is 0 Å². The van der Waals surface area contributed by atoms with Gasteiger partial charge in [0.2, 0.25) is 0 Å². The van der Waals surface area contributed by atoms with Crippen molar-refractivity contribution in [2.24, 2.45) is 5.92 Å². The third kappa shape index (κ3) is 3.06. The van der Waals surface area contributed by atoms with Gasteiger partial charge in [-0.1, -0.05) is 0 Å². The fraction of sp³-hybridized carbons (Fsp3) is 0.375. The van der Waals surface area contributed by atoms with Crippen molar-refractivity contribution in [3.05, 3.63) is 34.9 Å². The fourth-order valence-corrected chi connectivity index (χ4v) is 3.62. The van der Waals surface area contributed by atoms with Crippen molar-refractivity contribution < 1.29 is 19.1 Å². The summed E-state index contributed by atoms with van der Waals surface area (Å²) in [5.41, 5.74) is 0. The number of aryl methyl sites for hydroxylation is 1. The number of hydrogen-bond donors (Lipinski definition) is 2. The Kier molecular flexibility index (Phi) is 4.02. The first-order chi connectivity index (χ1) is 10.5. The van der Waals surface area contributed by atoms with Gasteiger partial charge in [-0.15, -0.1) is 11.3 Å². The largest absolute Gasteiger partial charge is 0.481 e. The van der Waals surface area contributed by atoms with E-state index in [9.17, 15) is 9.59 Å². The highest BCUT2D eigenvalue weighted by Gasteiger charge is 2.30. The molecule has 1 fully saturated rings. The van der Waals surface area contributed by atoms with E-state index in [1.807, 2.05) is 25.1 Å². The number of aliphatic carboxylic acids is 1. The molecule has 0 bridgehead atoms. The minimum atomic E-state index is -0.775. The van der Waals surface area contributed by atoms with Gasteiger partial charge in [0, 0.05) is 6.04 Å². The minimum absolute atomic E-state index is 0.0509. The van der Waals surface area contributed by atoms with Crippen LogP contribution in [0.25, 0.3) is 10.6 Å². The van der Waals surface area contributed by atoms with E-state index in [2.05, 4.69) is 5.32 Å². The number of thiophene rings is 1. The highest BCUT2D eigenvalue weighted by Crippen LogP contribution is 2.30. The lowest BCUT2D eigenvalue weighted by atomic mass is 10.1. The number of carbonyl (C=O) groups is 2. The van der Waals surface area contributed by atoms with E-state index in [0.717, 1.165) is 22.8 Å². The average Bonchev–Trinajstić information content (AvgIpc) is 3.16. The Morgan fingerprint density at radius 3 is 2.73 bits per heavy atom. The molecule has 2 atom stereocenters. The van der Waals surface area contributed by atoms with E-state index in [0.29, 0.717) is 17.7 Å². The number of furan rings is 1. The maximum Gasteiger partial charge on any atom is 0.306 e. The normalized spacial score (nSPS) is 21.0. The molecule has 1 amide bonds. The molecule has 0 radical (unpaired) electrons. The Hall–Kier alpha value is -2.08. The number of carboxylic acid groups (broad SMARTS) is 1. The molecule has 22 heavy (non-hydrogen) atoms. The van der Waals surface area contributed by atoms with Crippen molar-refractivity contribution in [3.63, 3.8) is 0 Å². The number of nitrogens with one attached hydrogen (secondary N) is 1. The Labute approximate surface area is 132 Å². The van der Waals surface area contributed by atoms with Crippen LogP contribution in [0.3, 0.4) is 0 Å². The number of rotatable bonds is 4. The average molecular weight is 319 g/mol. The van der Waals surface area contributed by atoms with E-state index in [4.69, 9.17) is 9.52 Å². The second kappa shape index (κ2) is 5.96. The first-order valence-corrected chi connectivity index (χ1v) is 8.05. The molecule has 0 spiro atoms. The van der Waals surface area contributed by atoms with Crippen molar-refractivity contribution in [1.82, 2.24) is 5.32 Å². The predicted molar refractivity (Wildman–Crippen MR) is 83.0 cm³/mol.